The number of piperidine rings is 1. The highest BCUT2D eigenvalue weighted by molar-refractivity contribution is 5.94. The third kappa shape index (κ3) is 4.40. The number of piperazine rings is 1. The van der Waals surface area contributed by atoms with Crippen LogP contribution in [0.15, 0.2) is 24.3 Å². The van der Waals surface area contributed by atoms with Crippen molar-refractivity contribution in [3.05, 3.63) is 29.8 Å². The smallest absolute Gasteiger partial charge is 0.254 e. The molecule has 2 aliphatic rings. The van der Waals surface area contributed by atoms with Gasteiger partial charge in [-0.3, -0.25) is 14.4 Å². The monoisotopic (exact) mass is 373 g/mol. The summed E-state index contributed by atoms with van der Waals surface area (Å²) in [7, 11) is 1.58. The predicted molar refractivity (Wildman–Crippen MR) is 100 cm³/mol. The van der Waals surface area contributed by atoms with E-state index in [2.05, 4.69) is 0 Å². The van der Waals surface area contributed by atoms with E-state index in [0.717, 1.165) is 12.8 Å². The van der Waals surface area contributed by atoms with Crippen LogP contribution in [0.4, 0.5) is 0 Å². The zero-order valence-corrected chi connectivity index (χ0v) is 16.0. The first-order valence-corrected chi connectivity index (χ1v) is 9.47. The van der Waals surface area contributed by atoms with Crippen LogP contribution in [0.3, 0.4) is 0 Å². The Bertz CT molecular complexity index is 705. The molecule has 2 heterocycles. The Morgan fingerprint density at radius 1 is 0.926 bits per heavy atom. The second kappa shape index (κ2) is 8.41. The Balaban J connectivity index is 1.52. The van der Waals surface area contributed by atoms with Crippen molar-refractivity contribution in [1.82, 2.24) is 14.7 Å². The molecule has 0 spiro atoms. The largest absolute Gasteiger partial charge is 0.497 e. The molecule has 7 nitrogen and oxygen atoms in total. The fourth-order valence-corrected chi connectivity index (χ4v) is 3.77. The van der Waals surface area contributed by atoms with Crippen molar-refractivity contribution < 1.29 is 19.1 Å². The Kier molecular flexibility index (Phi) is 5.98. The van der Waals surface area contributed by atoms with E-state index in [1.807, 2.05) is 11.0 Å². The summed E-state index contributed by atoms with van der Waals surface area (Å²) in [5.41, 5.74) is 0.603. The molecule has 0 bridgehead atoms. The van der Waals surface area contributed by atoms with Crippen LogP contribution in [-0.4, -0.2) is 78.8 Å². The molecule has 3 amide bonds. The summed E-state index contributed by atoms with van der Waals surface area (Å²) in [5.74, 6) is 0.848. The van der Waals surface area contributed by atoms with Gasteiger partial charge in [-0.25, -0.2) is 0 Å². The fourth-order valence-electron chi connectivity index (χ4n) is 3.77. The normalized spacial score (nSPS) is 18.4. The molecular formula is C20H27N3O4. The lowest BCUT2D eigenvalue weighted by molar-refractivity contribution is -0.141. The van der Waals surface area contributed by atoms with E-state index in [9.17, 15) is 14.4 Å². The van der Waals surface area contributed by atoms with E-state index in [-0.39, 0.29) is 23.6 Å². The van der Waals surface area contributed by atoms with Crippen LogP contribution >= 0.6 is 0 Å². The molecule has 0 unspecified atom stereocenters. The van der Waals surface area contributed by atoms with Crippen LogP contribution in [0.2, 0.25) is 0 Å². The highest BCUT2D eigenvalue weighted by atomic mass is 16.5. The SMILES string of the molecule is COc1cccc(C(=O)N2CCN(C(=O)C3CCN(C(C)=O)CC3)CC2)c1. The first-order valence-electron chi connectivity index (χ1n) is 9.47. The number of likely N-dealkylation sites (tertiary alicyclic amines) is 1. The highest BCUT2D eigenvalue weighted by Gasteiger charge is 2.32. The molecule has 1 aromatic rings. The van der Waals surface area contributed by atoms with Crippen molar-refractivity contribution in [1.29, 1.82) is 0 Å². The molecule has 0 radical (unpaired) electrons. The van der Waals surface area contributed by atoms with Crippen LogP contribution in [0, 0.1) is 5.92 Å². The summed E-state index contributed by atoms with van der Waals surface area (Å²) in [4.78, 5) is 42.3. The van der Waals surface area contributed by atoms with Crippen LogP contribution in [-0.2, 0) is 9.59 Å². The molecule has 0 aliphatic carbocycles. The Hall–Kier alpha value is -2.57. The quantitative estimate of drug-likeness (QED) is 0.799. The summed E-state index contributed by atoms with van der Waals surface area (Å²) in [6.07, 6.45) is 1.45. The van der Waals surface area contributed by atoms with E-state index >= 15 is 0 Å². The summed E-state index contributed by atoms with van der Waals surface area (Å²) in [5, 5.41) is 0. The van der Waals surface area contributed by atoms with E-state index < -0.39 is 0 Å². The number of ether oxygens (including phenoxy) is 1. The molecule has 0 N–H and O–H groups in total. The van der Waals surface area contributed by atoms with Gasteiger partial charge in [-0.2, -0.15) is 0 Å². The lowest BCUT2D eigenvalue weighted by atomic mass is 9.95. The van der Waals surface area contributed by atoms with Crippen molar-refractivity contribution in [2.45, 2.75) is 19.8 Å². The molecule has 0 aromatic heterocycles. The van der Waals surface area contributed by atoms with Gasteiger partial charge in [0.25, 0.3) is 5.91 Å². The van der Waals surface area contributed by atoms with Crippen molar-refractivity contribution in [3.63, 3.8) is 0 Å². The van der Waals surface area contributed by atoms with Gasteiger partial charge < -0.3 is 19.4 Å². The predicted octanol–water partition coefficient (Wildman–Crippen LogP) is 1.24. The maximum Gasteiger partial charge on any atom is 0.254 e. The Labute approximate surface area is 159 Å². The molecule has 2 fully saturated rings. The second-order valence-electron chi connectivity index (χ2n) is 7.13. The lowest BCUT2D eigenvalue weighted by Gasteiger charge is -2.38. The minimum Gasteiger partial charge on any atom is -0.497 e. The number of rotatable bonds is 3. The summed E-state index contributed by atoms with van der Waals surface area (Å²) >= 11 is 0. The maximum absolute atomic E-state index is 12.8. The number of hydrogen-bond donors (Lipinski definition) is 0. The third-order valence-corrected chi connectivity index (χ3v) is 5.48. The van der Waals surface area contributed by atoms with Gasteiger partial charge in [0.2, 0.25) is 11.8 Å². The van der Waals surface area contributed by atoms with E-state index in [1.54, 1.807) is 42.0 Å². The number of nitrogens with zero attached hydrogens (tertiary/aromatic N) is 3. The van der Waals surface area contributed by atoms with E-state index in [0.29, 0.717) is 50.6 Å². The number of methoxy groups -OCH3 is 1. The molecule has 1 aromatic carbocycles. The van der Waals surface area contributed by atoms with E-state index in [1.165, 1.54) is 0 Å². The molecule has 7 heteroatoms. The van der Waals surface area contributed by atoms with Gasteiger partial charge >= 0.3 is 0 Å². The molecule has 2 aliphatic heterocycles. The number of amides is 3. The number of carbonyl (C=O) groups is 3. The molecule has 3 rings (SSSR count). The molecule has 146 valence electrons. The van der Waals surface area contributed by atoms with Gasteiger partial charge in [0.15, 0.2) is 0 Å². The summed E-state index contributed by atoms with van der Waals surface area (Å²) in [6.45, 7) is 5.06. The fraction of sp³-hybridized carbons (Fsp3) is 0.550. The topological polar surface area (TPSA) is 70.2 Å². The van der Waals surface area contributed by atoms with Crippen molar-refractivity contribution in [3.8, 4) is 5.75 Å². The average Bonchev–Trinajstić information content (AvgIpc) is 2.73. The molecule has 0 saturated carbocycles. The summed E-state index contributed by atoms with van der Waals surface area (Å²) < 4.78 is 5.18. The van der Waals surface area contributed by atoms with Crippen molar-refractivity contribution in [2.24, 2.45) is 5.92 Å². The second-order valence-corrected chi connectivity index (χ2v) is 7.13. The van der Waals surface area contributed by atoms with Gasteiger partial charge in [0.05, 0.1) is 7.11 Å². The number of hydrogen-bond acceptors (Lipinski definition) is 4. The summed E-state index contributed by atoms with van der Waals surface area (Å²) in [6, 6.07) is 7.14. The average molecular weight is 373 g/mol. The number of benzene rings is 1. The Morgan fingerprint density at radius 2 is 1.56 bits per heavy atom. The molecule has 2 saturated heterocycles. The third-order valence-electron chi connectivity index (χ3n) is 5.48. The first kappa shape index (κ1) is 19.2. The lowest BCUT2D eigenvalue weighted by Crippen LogP contribution is -2.53. The van der Waals surface area contributed by atoms with Crippen molar-refractivity contribution in [2.75, 3.05) is 46.4 Å². The minimum absolute atomic E-state index is 0.0127. The van der Waals surface area contributed by atoms with Crippen LogP contribution in [0.5, 0.6) is 5.75 Å². The maximum atomic E-state index is 12.8. The first-order chi connectivity index (χ1) is 13.0. The highest BCUT2D eigenvalue weighted by Crippen LogP contribution is 2.21. The zero-order valence-electron chi connectivity index (χ0n) is 16.0. The molecule has 0 atom stereocenters. The van der Waals surface area contributed by atoms with Gasteiger partial charge in [0.1, 0.15) is 5.75 Å². The van der Waals surface area contributed by atoms with Crippen molar-refractivity contribution >= 4 is 17.7 Å². The van der Waals surface area contributed by atoms with Gasteiger partial charge in [0, 0.05) is 57.7 Å². The molecular weight excluding hydrogens is 346 g/mol. The van der Waals surface area contributed by atoms with Crippen LogP contribution < -0.4 is 4.74 Å². The standard InChI is InChI=1S/C20H27N3O4/c1-15(24)21-8-6-16(7-9-21)19(25)22-10-12-23(13-11-22)20(26)17-4-3-5-18(14-17)27-2/h3-5,14,16H,6-13H2,1-2H3. The minimum atomic E-state index is -0.0317. The van der Waals surface area contributed by atoms with Gasteiger partial charge in [-0.05, 0) is 31.0 Å². The van der Waals surface area contributed by atoms with Gasteiger partial charge in [-0.1, -0.05) is 6.07 Å². The van der Waals surface area contributed by atoms with Crippen LogP contribution in [0.1, 0.15) is 30.1 Å². The number of carbonyl (C=O) groups excluding carboxylic acids is 3. The van der Waals surface area contributed by atoms with Crippen LogP contribution in [0.25, 0.3) is 0 Å². The Morgan fingerprint density at radius 3 is 2.15 bits per heavy atom. The van der Waals surface area contributed by atoms with Gasteiger partial charge in [-0.15, -0.1) is 0 Å². The van der Waals surface area contributed by atoms with E-state index in [4.69, 9.17) is 4.74 Å². The molecule has 27 heavy (non-hydrogen) atoms. The zero-order chi connectivity index (χ0) is 19.4.